The van der Waals surface area contributed by atoms with Gasteiger partial charge in [0.2, 0.25) is 0 Å². The molecule has 3 aromatic rings. The smallest absolute Gasteiger partial charge is 0.162 e. The summed E-state index contributed by atoms with van der Waals surface area (Å²) in [6.07, 6.45) is 0.825. The topological polar surface area (TPSA) is 49.4 Å². The van der Waals surface area contributed by atoms with E-state index in [4.69, 9.17) is 0 Å². The summed E-state index contributed by atoms with van der Waals surface area (Å²) in [4.78, 5) is 26.4. The Morgan fingerprint density at radius 2 is 1.71 bits per heavy atom. The average molecular weight is 411 g/mol. The molecule has 0 radical (unpaired) electrons. The van der Waals surface area contributed by atoms with E-state index in [1.165, 1.54) is 11.1 Å². The fourth-order valence-electron chi connectivity index (χ4n) is 4.21. The molecule has 1 heterocycles. The number of benzene rings is 3. The molecule has 31 heavy (non-hydrogen) atoms. The number of aldehydes is 1. The Morgan fingerprint density at radius 3 is 2.39 bits per heavy atom. The first-order valence-electron chi connectivity index (χ1n) is 10.4. The quantitative estimate of drug-likeness (QED) is 0.339. The Kier molecular flexibility index (Phi) is 5.83. The zero-order chi connectivity index (χ0) is 22.0. The summed E-state index contributed by atoms with van der Waals surface area (Å²) in [6.45, 7) is 5.39. The van der Waals surface area contributed by atoms with Gasteiger partial charge in [-0.05, 0) is 66.9 Å². The van der Waals surface area contributed by atoms with Crippen molar-refractivity contribution in [2.24, 2.45) is 0 Å². The number of Topliss-reactive ketones (excluding diaryl/α,β-unsaturated/α-hetero) is 1. The molecule has 0 atom stereocenters. The minimum atomic E-state index is -0.0331. The monoisotopic (exact) mass is 410 g/mol. The summed E-state index contributed by atoms with van der Waals surface area (Å²) in [5, 5.41) is 3.55. The molecule has 0 saturated carbocycles. The van der Waals surface area contributed by atoms with Gasteiger partial charge in [0.15, 0.2) is 5.78 Å². The van der Waals surface area contributed by atoms with Crippen LogP contribution in [0.25, 0.3) is 11.3 Å². The third kappa shape index (κ3) is 4.35. The Bertz CT molecular complexity index is 1180. The fraction of sp³-hybridized carbons (Fsp3) is 0.185. The lowest BCUT2D eigenvalue weighted by Gasteiger charge is -2.19. The third-order valence-corrected chi connectivity index (χ3v) is 5.68. The summed E-state index contributed by atoms with van der Waals surface area (Å²) < 4.78 is 0. The number of ketones is 1. The molecule has 0 aromatic heterocycles. The molecule has 0 aliphatic carbocycles. The number of carbonyl (C=O) groups is 2. The maximum atomic E-state index is 12.9. The predicted molar refractivity (Wildman–Crippen MR) is 126 cm³/mol. The van der Waals surface area contributed by atoms with Crippen LogP contribution in [-0.4, -0.2) is 24.0 Å². The van der Waals surface area contributed by atoms with E-state index >= 15 is 0 Å². The number of allylic oxidation sites excluding steroid dienone is 1. The minimum absolute atomic E-state index is 0.0331. The molecule has 0 amide bonds. The van der Waals surface area contributed by atoms with Crippen molar-refractivity contribution in [1.82, 2.24) is 4.90 Å². The second-order valence-corrected chi connectivity index (χ2v) is 8.15. The molecule has 0 unspecified atom stereocenters. The van der Waals surface area contributed by atoms with Gasteiger partial charge < -0.3 is 5.32 Å². The molecular weight excluding hydrogens is 384 g/mol. The summed E-state index contributed by atoms with van der Waals surface area (Å²) >= 11 is 0. The van der Waals surface area contributed by atoms with Gasteiger partial charge in [-0.3, -0.25) is 14.5 Å². The van der Waals surface area contributed by atoms with Crippen molar-refractivity contribution in [3.8, 4) is 0 Å². The number of anilines is 1. The number of carbonyl (C=O) groups excluding carboxylic acids is 2. The van der Waals surface area contributed by atoms with Crippen LogP contribution in [0.15, 0.2) is 66.7 Å². The molecule has 3 aromatic carbocycles. The Hall–Kier alpha value is -3.50. The molecular formula is C27H26N2O2. The summed E-state index contributed by atoms with van der Waals surface area (Å²) in [5.41, 5.74) is 8.21. The molecule has 1 N–H and O–H groups in total. The molecule has 4 nitrogen and oxygen atoms in total. The predicted octanol–water partition coefficient (Wildman–Crippen LogP) is 5.32. The van der Waals surface area contributed by atoms with Crippen LogP contribution in [0.3, 0.4) is 0 Å². The van der Waals surface area contributed by atoms with Crippen LogP contribution in [-0.2, 0) is 17.9 Å². The van der Waals surface area contributed by atoms with Gasteiger partial charge >= 0.3 is 0 Å². The highest BCUT2D eigenvalue weighted by Gasteiger charge is 2.20. The van der Waals surface area contributed by atoms with E-state index in [2.05, 4.69) is 35.5 Å². The second-order valence-electron chi connectivity index (χ2n) is 8.15. The molecule has 0 bridgehead atoms. The molecule has 156 valence electrons. The van der Waals surface area contributed by atoms with Gasteiger partial charge in [0.05, 0.1) is 5.70 Å². The maximum Gasteiger partial charge on any atom is 0.162 e. The van der Waals surface area contributed by atoms with Crippen LogP contribution in [0.1, 0.15) is 45.1 Å². The lowest BCUT2D eigenvalue weighted by Crippen LogP contribution is -2.09. The zero-order valence-electron chi connectivity index (χ0n) is 18.1. The van der Waals surface area contributed by atoms with E-state index in [0.29, 0.717) is 11.1 Å². The highest BCUT2D eigenvalue weighted by Crippen LogP contribution is 2.32. The number of hydrogen-bond donors (Lipinski definition) is 1. The molecule has 1 aliphatic heterocycles. The van der Waals surface area contributed by atoms with Crippen LogP contribution in [0.4, 0.5) is 5.69 Å². The van der Waals surface area contributed by atoms with Crippen LogP contribution in [0.5, 0.6) is 0 Å². The zero-order valence-corrected chi connectivity index (χ0v) is 18.1. The number of fused-ring (bicyclic) bond motifs is 1. The second kappa shape index (κ2) is 8.70. The Morgan fingerprint density at radius 1 is 0.968 bits per heavy atom. The SMILES string of the molecule is CC(=O)/C(=C(\Nc1ccc2c(c1)CN(C)C2)c1ccccc1)c1ccc(C=O)cc1C. The standard InChI is InChI=1S/C27H26N2O2/c1-18-13-20(17-30)9-12-25(18)26(19(2)31)27(21-7-5-4-6-8-21)28-24-11-10-22-15-29(3)16-23(22)14-24/h4-14,17,28H,15-16H2,1-3H3/b27-26+. The summed E-state index contributed by atoms with van der Waals surface area (Å²) in [6, 6.07) is 21.7. The maximum absolute atomic E-state index is 12.9. The molecule has 0 spiro atoms. The first kappa shape index (κ1) is 20.8. The van der Waals surface area contributed by atoms with Crippen LogP contribution in [0.2, 0.25) is 0 Å². The van der Waals surface area contributed by atoms with Gasteiger partial charge in [-0.25, -0.2) is 0 Å². The van der Waals surface area contributed by atoms with Crippen molar-refractivity contribution in [3.05, 3.63) is 100 Å². The van der Waals surface area contributed by atoms with Gasteiger partial charge in [-0.2, -0.15) is 0 Å². The highest BCUT2D eigenvalue weighted by molar-refractivity contribution is 6.28. The number of hydrogen-bond acceptors (Lipinski definition) is 4. The fourth-order valence-corrected chi connectivity index (χ4v) is 4.21. The van der Waals surface area contributed by atoms with E-state index in [9.17, 15) is 9.59 Å². The van der Waals surface area contributed by atoms with E-state index < -0.39 is 0 Å². The van der Waals surface area contributed by atoms with Crippen molar-refractivity contribution < 1.29 is 9.59 Å². The van der Waals surface area contributed by atoms with Crippen LogP contribution in [0, 0.1) is 6.92 Å². The molecule has 4 rings (SSSR count). The third-order valence-electron chi connectivity index (χ3n) is 5.68. The Labute approximate surface area is 183 Å². The van der Waals surface area contributed by atoms with E-state index in [0.717, 1.165) is 47.5 Å². The molecule has 0 fully saturated rings. The van der Waals surface area contributed by atoms with Gasteiger partial charge in [0.1, 0.15) is 6.29 Å². The molecule has 4 heteroatoms. The summed E-state index contributed by atoms with van der Waals surface area (Å²) in [7, 11) is 2.11. The average Bonchev–Trinajstić information content (AvgIpc) is 3.14. The number of nitrogens with zero attached hydrogens (tertiary/aromatic N) is 1. The first-order valence-corrected chi connectivity index (χ1v) is 10.4. The van der Waals surface area contributed by atoms with Crippen molar-refractivity contribution in [1.29, 1.82) is 0 Å². The van der Waals surface area contributed by atoms with Crippen LogP contribution < -0.4 is 5.32 Å². The van der Waals surface area contributed by atoms with Gasteiger partial charge in [0.25, 0.3) is 0 Å². The highest BCUT2D eigenvalue weighted by atomic mass is 16.1. The van der Waals surface area contributed by atoms with E-state index in [1.54, 1.807) is 13.0 Å². The summed E-state index contributed by atoms with van der Waals surface area (Å²) in [5.74, 6) is -0.0331. The largest absolute Gasteiger partial charge is 0.354 e. The number of aryl methyl sites for hydroxylation is 1. The van der Waals surface area contributed by atoms with Gasteiger partial charge in [-0.1, -0.05) is 48.5 Å². The normalized spacial score (nSPS) is 14.0. The molecule has 0 saturated heterocycles. The molecule has 1 aliphatic rings. The van der Waals surface area contributed by atoms with Crippen molar-refractivity contribution >= 4 is 29.0 Å². The van der Waals surface area contributed by atoms with Gasteiger partial charge in [0, 0.05) is 29.9 Å². The van der Waals surface area contributed by atoms with E-state index in [-0.39, 0.29) is 5.78 Å². The number of nitrogens with one attached hydrogen (secondary N) is 1. The Balaban J connectivity index is 1.87. The minimum Gasteiger partial charge on any atom is -0.354 e. The van der Waals surface area contributed by atoms with Crippen molar-refractivity contribution in [2.45, 2.75) is 26.9 Å². The van der Waals surface area contributed by atoms with Crippen molar-refractivity contribution in [2.75, 3.05) is 12.4 Å². The van der Waals surface area contributed by atoms with Crippen LogP contribution >= 0.6 is 0 Å². The lowest BCUT2D eigenvalue weighted by molar-refractivity contribution is -0.111. The van der Waals surface area contributed by atoms with E-state index in [1.807, 2.05) is 49.4 Å². The first-order chi connectivity index (χ1) is 15.0. The van der Waals surface area contributed by atoms with Gasteiger partial charge in [-0.15, -0.1) is 0 Å². The van der Waals surface area contributed by atoms with Crippen molar-refractivity contribution in [3.63, 3.8) is 0 Å². The lowest BCUT2D eigenvalue weighted by atomic mass is 9.92. The number of rotatable bonds is 6.